The summed E-state index contributed by atoms with van der Waals surface area (Å²) in [5.74, 6) is -0.553. The van der Waals surface area contributed by atoms with Crippen LogP contribution < -0.4 is 10.6 Å². The van der Waals surface area contributed by atoms with Crippen LogP contribution in [0.2, 0.25) is 5.02 Å². The number of amides is 3. The first-order chi connectivity index (χ1) is 15.7. The zero-order chi connectivity index (χ0) is 23.8. The summed E-state index contributed by atoms with van der Waals surface area (Å²) in [6, 6.07) is 9.13. The van der Waals surface area contributed by atoms with E-state index in [0.717, 1.165) is 18.4 Å². The van der Waals surface area contributed by atoms with Crippen LogP contribution in [0.5, 0.6) is 0 Å². The van der Waals surface area contributed by atoms with Crippen LogP contribution in [0.4, 0.5) is 0 Å². The van der Waals surface area contributed by atoms with Gasteiger partial charge in [-0.2, -0.15) is 0 Å². The number of benzene rings is 1. The van der Waals surface area contributed by atoms with E-state index in [1.54, 1.807) is 0 Å². The van der Waals surface area contributed by atoms with Crippen LogP contribution in [-0.2, 0) is 4.79 Å². The Balaban J connectivity index is 1.37. The van der Waals surface area contributed by atoms with Crippen molar-refractivity contribution in [3.8, 4) is 0 Å². The molecule has 2 fully saturated rings. The fraction of sp³-hybridized carbons (Fsp3) is 0.440. The molecule has 0 spiro atoms. The predicted molar refractivity (Wildman–Crippen MR) is 126 cm³/mol. The molecule has 1 saturated heterocycles. The Morgan fingerprint density at radius 3 is 2.27 bits per heavy atom. The number of carbonyl (C=O) groups is 3. The Labute approximate surface area is 198 Å². The van der Waals surface area contributed by atoms with Crippen molar-refractivity contribution < 1.29 is 14.4 Å². The first-order valence-corrected chi connectivity index (χ1v) is 11.7. The van der Waals surface area contributed by atoms with Gasteiger partial charge in [0.2, 0.25) is 5.91 Å². The molecule has 8 heteroatoms. The van der Waals surface area contributed by atoms with E-state index in [1.807, 2.05) is 36.1 Å². The molecule has 2 heterocycles. The molecule has 33 heavy (non-hydrogen) atoms. The molecule has 2 unspecified atom stereocenters. The maximum Gasteiger partial charge on any atom is 0.254 e. The molecular weight excluding hydrogens is 440 g/mol. The van der Waals surface area contributed by atoms with Crippen LogP contribution in [0.1, 0.15) is 78.8 Å². The van der Waals surface area contributed by atoms with Gasteiger partial charge in [0.1, 0.15) is 5.54 Å². The van der Waals surface area contributed by atoms with Crippen LogP contribution in [0.15, 0.2) is 42.7 Å². The number of carbonyl (C=O) groups excluding carboxylic acids is 3. The van der Waals surface area contributed by atoms with Gasteiger partial charge in [-0.15, -0.1) is 0 Å². The topological polar surface area (TPSA) is 91.4 Å². The van der Waals surface area contributed by atoms with Gasteiger partial charge in [-0.25, -0.2) is 0 Å². The largest absolute Gasteiger partial charge is 0.348 e. The summed E-state index contributed by atoms with van der Waals surface area (Å²) in [7, 11) is 0. The monoisotopic (exact) mass is 468 g/mol. The van der Waals surface area contributed by atoms with Crippen molar-refractivity contribution in [2.75, 3.05) is 0 Å². The van der Waals surface area contributed by atoms with E-state index in [4.69, 9.17) is 11.6 Å². The summed E-state index contributed by atoms with van der Waals surface area (Å²) < 4.78 is 0. The lowest BCUT2D eigenvalue weighted by molar-refractivity contribution is -0.124. The third-order valence-electron chi connectivity index (χ3n) is 6.70. The maximum absolute atomic E-state index is 12.9. The van der Waals surface area contributed by atoms with E-state index >= 15 is 0 Å². The fourth-order valence-corrected chi connectivity index (χ4v) is 4.61. The average Bonchev–Trinajstić information content (AvgIpc) is 3.50. The molecule has 1 aromatic heterocycles. The van der Waals surface area contributed by atoms with Gasteiger partial charge in [0, 0.05) is 30.0 Å². The number of hydrogen-bond donors (Lipinski definition) is 2. The highest BCUT2D eigenvalue weighted by atomic mass is 35.5. The Kier molecular flexibility index (Phi) is 6.43. The lowest BCUT2D eigenvalue weighted by atomic mass is 10.0. The third kappa shape index (κ3) is 4.88. The van der Waals surface area contributed by atoms with Crippen molar-refractivity contribution in [2.24, 2.45) is 0 Å². The molecule has 2 N–H and O–H groups in total. The molecule has 1 aromatic carbocycles. The number of hydrogen-bond acceptors (Lipinski definition) is 4. The van der Waals surface area contributed by atoms with E-state index in [0.29, 0.717) is 29.0 Å². The molecule has 2 aliphatic rings. The van der Waals surface area contributed by atoms with Gasteiger partial charge in [-0.1, -0.05) is 23.7 Å². The number of aromatic nitrogens is 1. The van der Waals surface area contributed by atoms with Crippen molar-refractivity contribution in [1.82, 2.24) is 20.5 Å². The van der Waals surface area contributed by atoms with Crippen LogP contribution in [0.25, 0.3) is 0 Å². The first kappa shape index (κ1) is 23.2. The molecule has 1 aliphatic heterocycles. The minimum atomic E-state index is -0.911. The second-order valence-electron chi connectivity index (χ2n) is 9.23. The summed E-state index contributed by atoms with van der Waals surface area (Å²) in [6.07, 6.45) is 6.07. The van der Waals surface area contributed by atoms with E-state index < -0.39 is 5.54 Å². The Bertz CT molecular complexity index is 1060. The van der Waals surface area contributed by atoms with Crippen LogP contribution in [-0.4, -0.2) is 45.2 Å². The van der Waals surface area contributed by atoms with Gasteiger partial charge in [-0.05, 0) is 70.2 Å². The molecule has 1 aliphatic carbocycles. The number of likely N-dealkylation sites (tertiary alicyclic amines) is 1. The molecule has 1 saturated carbocycles. The normalized spacial score (nSPS) is 21.9. The molecule has 174 valence electrons. The van der Waals surface area contributed by atoms with E-state index in [2.05, 4.69) is 29.5 Å². The zero-order valence-electron chi connectivity index (χ0n) is 19.1. The van der Waals surface area contributed by atoms with Crippen molar-refractivity contribution >= 4 is 29.3 Å². The third-order valence-corrected chi connectivity index (χ3v) is 6.90. The SMILES string of the molecule is CC1CCC(C)N1C(=O)c1ccc([C@@H](C)NC(=O)C2(NC(=O)c3cncc(Cl)c3)CC2)cc1. The van der Waals surface area contributed by atoms with Gasteiger partial charge in [0.15, 0.2) is 0 Å². The van der Waals surface area contributed by atoms with Crippen LogP contribution in [0.3, 0.4) is 0 Å². The zero-order valence-corrected chi connectivity index (χ0v) is 19.9. The summed E-state index contributed by atoms with van der Waals surface area (Å²) >= 11 is 5.91. The summed E-state index contributed by atoms with van der Waals surface area (Å²) in [5, 5.41) is 6.19. The lowest BCUT2D eigenvalue weighted by Gasteiger charge is -2.26. The summed E-state index contributed by atoms with van der Waals surface area (Å²) in [5.41, 5.74) is 0.949. The standard InChI is InChI=1S/C25H29ClN4O3/c1-15-4-5-16(2)30(15)23(32)19-8-6-18(7-9-19)17(3)28-24(33)25(10-11-25)29-22(31)20-12-21(26)14-27-13-20/h6-9,12-17H,4-5,10-11H2,1-3H3,(H,28,33)(H,29,31)/t15?,16?,17-/m1/s1. The van der Waals surface area contributed by atoms with E-state index in [1.165, 1.54) is 18.5 Å². The quantitative estimate of drug-likeness (QED) is 0.672. The molecular formula is C25H29ClN4O3. The van der Waals surface area contributed by atoms with Crippen molar-refractivity contribution in [2.45, 2.75) is 70.1 Å². The minimum absolute atomic E-state index is 0.0471. The number of nitrogens with zero attached hydrogens (tertiary/aromatic N) is 2. The highest BCUT2D eigenvalue weighted by Gasteiger charge is 2.51. The van der Waals surface area contributed by atoms with Gasteiger partial charge in [0.05, 0.1) is 16.6 Å². The van der Waals surface area contributed by atoms with Gasteiger partial charge < -0.3 is 15.5 Å². The van der Waals surface area contributed by atoms with Gasteiger partial charge >= 0.3 is 0 Å². The Hall–Kier alpha value is -2.93. The molecule has 7 nitrogen and oxygen atoms in total. The van der Waals surface area contributed by atoms with Crippen molar-refractivity contribution in [3.63, 3.8) is 0 Å². The highest BCUT2D eigenvalue weighted by Crippen LogP contribution is 2.36. The predicted octanol–water partition coefficient (Wildman–Crippen LogP) is 3.89. The molecule has 2 aromatic rings. The number of nitrogens with one attached hydrogen (secondary N) is 2. The molecule has 3 atom stereocenters. The Morgan fingerprint density at radius 1 is 1.06 bits per heavy atom. The maximum atomic E-state index is 12.9. The Morgan fingerprint density at radius 2 is 1.70 bits per heavy atom. The summed E-state index contributed by atoms with van der Waals surface area (Å²) in [4.78, 5) is 44.3. The minimum Gasteiger partial charge on any atom is -0.348 e. The molecule has 0 bridgehead atoms. The van der Waals surface area contributed by atoms with Crippen molar-refractivity contribution in [3.05, 3.63) is 64.4 Å². The first-order valence-electron chi connectivity index (χ1n) is 11.4. The van der Waals surface area contributed by atoms with Crippen molar-refractivity contribution in [1.29, 1.82) is 0 Å². The molecule has 3 amide bonds. The molecule has 0 radical (unpaired) electrons. The summed E-state index contributed by atoms with van der Waals surface area (Å²) in [6.45, 7) is 6.06. The molecule has 4 rings (SSSR count). The fourth-order valence-electron chi connectivity index (χ4n) is 4.44. The van der Waals surface area contributed by atoms with Gasteiger partial charge in [0.25, 0.3) is 11.8 Å². The second-order valence-corrected chi connectivity index (χ2v) is 9.67. The number of pyridine rings is 1. The highest BCUT2D eigenvalue weighted by molar-refractivity contribution is 6.30. The smallest absolute Gasteiger partial charge is 0.254 e. The van der Waals surface area contributed by atoms with E-state index in [9.17, 15) is 14.4 Å². The lowest BCUT2D eigenvalue weighted by Crippen LogP contribution is -2.49. The second kappa shape index (κ2) is 9.14. The number of rotatable bonds is 6. The van der Waals surface area contributed by atoms with Crippen LogP contribution in [0, 0.1) is 0 Å². The van der Waals surface area contributed by atoms with E-state index in [-0.39, 0.29) is 35.8 Å². The van der Waals surface area contributed by atoms with Crippen LogP contribution >= 0.6 is 11.6 Å². The average molecular weight is 469 g/mol. The number of halogens is 1. The van der Waals surface area contributed by atoms with Gasteiger partial charge in [-0.3, -0.25) is 19.4 Å².